The molecule has 2 N–H and O–H groups in total. The summed E-state index contributed by atoms with van der Waals surface area (Å²) in [5.74, 6) is -1.76. The van der Waals surface area contributed by atoms with E-state index in [0.29, 0.717) is 12.8 Å². The van der Waals surface area contributed by atoms with E-state index >= 15 is 0 Å². The Labute approximate surface area is 117 Å². The Balaban J connectivity index is 2.20. The molecule has 1 aromatic carbocycles. The molecule has 1 amide bonds. The average Bonchev–Trinajstić information content (AvgIpc) is 2.79. The molecule has 20 heavy (non-hydrogen) atoms. The van der Waals surface area contributed by atoms with Crippen LogP contribution in [0.5, 0.6) is 0 Å². The third-order valence-electron chi connectivity index (χ3n) is 3.94. The van der Waals surface area contributed by atoms with Crippen molar-refractivity contribution in [1.29, 1.82) is 0 Å². The van der Waals surface area contributed by atoms with Crippen LogP contribution >= 0.6 is 0 Å². The van der Waals surface area contributed by atoms with Gasteiger partial charge in [0, 0.05) is 5.56 Å². The number of amides is 1. The van der Waals surface area contributed by atoms with Crippen molar-refractivity contribution >= 4 is 11.9 Å². The molecule has 0 spiro atoms. The van der Waals surface area contributed by atoms with Crippen LogP contribution in [0.3, 0.4) is 0 Å². The van der Waals surface area contributed by atoms with Gasteiger partial charge >= 0.3 is 5.97 Å². The van der Waals surface area contributed by atoms with Crippen molar-refractivity contribution in [2.45, 2.75) is 44.6 Å². The molecule has 4 nitrogen and oxygen atoms in total. The molecule has 0 bridgehead atoms. The van der Waals surface area contributed by atoms with E-state index < -0.39 is 23.2 Å². The van der Waals surface area contributed by atoms with Gasteiger partial charge < -0.3 is 10.4 Å². The van der Waals surface area contributed by atoms with Gasteiger partial charge in [-0.3, -0.25) is 9.59 Å². The third kappa shape index (κ3) is 2.98. The first-order valence-electron chi connectivity index (χ1n) is 6.73. The maximum absolute atomic E-state index is 13.5. The highest BCUT2D eigenvalue weighted by atomic mass is 19.1. The zero-order chi connectivity index (χ0) is 14.8. The Morgan fingerprint density at radius 2 is 2.00 bits per heavy atom. The summed E-state index contributed by atoms with van der Waals surface area (Å²) < 4.78 is 13.5. The summed E-state index contributed by atoms with van der Waals surface area (Å²) in [5.41, 5.74) is -0.142. The minimum Gasteiger partial charge on any atom is -0.481 e. The molecule has 0 radical (unpaired) electrons. The topological polar surface area (TPSA) is 66.4 Å². The van der Waals surface area contributed by atoms with E-state index in [2.05, 4.69) is 5.32 Å². The lowest BCUT2D eigenvalue weighted by Crippen LogP contribution is -2.48. The van der Waals surface area contributed by atoms with E-state index in [9.17, 15) is 14.0 Å². The molecule has 0 heterocycles. The molecular formula is C15H18FNO3. The second-order valence-electron chi connectivity index (χ2n) is 5.42. The molecule has 5 heteroatoms. The Bertz CT molecular complexity index is 536. The number of hydrogen-bond donors (Lipinski definition) is 2. The lowest BCUT2D eigenvalue weighted by Gasteiger charge is -2.29. The van der Waals surface area contributed by atoms with Crippen LogP contribution in [0.25, 0.3) is 0 Å². The van der Waals surface area contributed by atoms with Crippen molar-refractivity contribution in [2.75, 3.05) is 0 Å². The highest BCUT2D eigenvalue weighted by Crippen LogP contribution is 2.33. The minimum atomic E-state index is -0.928. The van der Waals surface area contributed by atoms with Crippen LogP contribution in [0.2, 0.25) is 0 Å². The molecule has 0 aromatic heterocycles. The quantitative estimate of drug-likeness (QED) is 0.890. The van der Waals surface area contributed by atoms with Crippen molar-refractivity contribution in [3.8, 4) is 0 Å². The molecule has 1 aliphatic carbocycles. The number of carbonyl (C=O) groups is 2. The van der Waals surface area contributed by atoms with E-state index in [0.717, 1.165) is 12.8 Å². The molecule has 0 atom stereocenters. The molecule has 0 aliphatic heterocycles. The first-order valence-corrected chi connectivity index (χ1v) is 6.73. The zero-order valence-electron chi connectivity index (χ0n) is 11.4. The summed E-state index contributed by atoms with van der Waals surface area (Å²) >= 11 is 0. The number of carbonyl (C=O) groups excluding carboxylic acids is 1. The van der Waals surface area contributed by atoms with Gasteiger partial charge in [0.2, 0.25) is 0 Å². The number of rotatable bonds is 4. The largest absolute Gasteiger partial charge is 0.481 e. The smallest absolute Gasteiger partial charge is 0.305 e. The van der Waals surface area contributed by atoms with Crippen LogP contribution in [-0.4, -0.2) is 22.5 Å². The predicted octanol–water partition coefficient (Wildman–Crippen LogP) is 2.65. The van der Waals surface area contributed by atoms with Gasteiger partial charge in [0.15, 0.2) is 0 Å². The minimum absolute atomic E-state index is 0.0902. The van der Waals surface area contributed by atoms with Crippen molar-refractivity contribution in [1.82, 2.24) is 5.32 Å². The summed E-state index contributed by atoms with van der Waals surface area (Å²) in [4.78, 5) is 23.3. The fourth-order valence-corrected chi connectivity index (χ4v) is 2.85. The maximum atomic E-state index is 13.5. The summed E-state index contributed by atoms with van der Waals surface area (Å²) in [6.07, 6.45) is 3.01. The van der Waals surface area contributed by atoms with Gasteiger partial charge in [-0.05, 0) is 37.5 Å². The van der Waals surface area contributed by atoms with E-state index in [1.165, 1.54) is 12.1 Å². The standard InChI is InChI=1S/C15H18FNO3/c1-10-11(5-4-6-12(10)16)14(20)17-15(9-13(18)19)7-2-3-8-15/h4-6H,2-3,7-9H2,1H3,(H,17,20)(H,18,19). The number of aliphatic carboxylic acids is 1. The van der Waals surface area contributed by atoms with Crippen LogP contribution in [0.1, 0.15) is 48.0 Å². The number of carboxylic acids is 1. The second-order valence-corrected chi connectivity index (χ2v) is 5.42. The second kappa shape index (κ2) is 5.61. The van der Waals surface area contributed by atoms with Crippen LogP contribution in [0.15, 0.2) is 18.2 Å². The number of nitrogens with one attached hydrogen (secondary N) is 1. The van der Waals surface area contributed by atoms with Crippen LogP contribution in [-0.2, 0) is 4.79 Å². The number of carboxylic acid groups (broad SMARTS) is 1. The summed E-state index contributed by atoms with van der Waals surface area (Å²) in [6.45, 7) is 1.54. The lowest BCUT2D eigenvalue weighted by atomic mass is 9.92. The van der Waals surface area contributed by atoms with E-state index in [-0.39, 0.29) is 17.5 Å². The van der Waals surface area contributed by atoms with Gasteiger partial charge in [0.1, 0.15) is 5.82 Å². The number of hydrogen-bond acceptors (Lipinski definition) is 2. The average molecular weight is 279 g/mol. The van der Waals surface area contributed by atoms with Gasteiger partial charge in [-0.25, -0.2) is 4.39 Å². The van der Waals surface area contributed by atoms with E-state index in [4.69, 9.17) is 5.11 Å². The Kier molecular flexibility index (Phi) is 4.06. The number of halogens is 1. The van der Waals surface area contributed by atoms with Gasteiger partial charge in [0.25, 0.3) is 5.91 Å². The molecular weight excluding hydrogens is 261 g/mol. The fourth-order valence-electron chi connectivity index (χ4n) is 2.85. The number of benzene rings is 1. The Hall–Kier alpha value is -1.91. The molecule has 0 saturated heterocycles. The molecule has 1 aromatic rings. The van der Waals surface area contributed by atoms with Crippen LogP contribution in [0, 0.1) is 12.7 Å². The van der Waals surface area contributed by atoms with E-state index in [1.807, 2.05) is 0 Å². The SMILES string of the molecule is Cc1c(F)cccc1C(=O)NC1(CC(=O)O)CCCC1. The van der Waals surface area contributed by atoms with Crippen LogP contribution < -0.4 is 5.32 Å². The lowest BCUT2D eigenvalue weighted by molar-refractivity contribution is -0.138. The third-order valence-corrected chi connectivity index (χ3v) is 3.94. The molecule has 0 unspecified atom stereocenters. The summed E-state index contributed by atoms with van der Waals surface area (Å²) in [6, 6.07) is 4.33. The zero-order valence-corrected chi connectivity index (χ0v) is 11.4. The highest BCUT2D eigenvalue weighted by molar-refractivity contribution is 5.96. The first kappa shape index (κ1) is 14.5. The summed E-state index contributed by atoms with van der Waals surface area (Å²) in [7, 11) is 0. The molecule has 1 aliphatic rings. The van der Waals surface area contributed by atoms with Gasteiger partial charge in [-0.2, -0.15) is 0 Å². The molecule has 1 fully saturated rings. The van der Waals surface area contributed by atoms with Gasteiger partial charge in [-0.1, -0.05) is 18.9 Å². The van der Waals surface area contributed by atoms with Crippen molar-refractivity contribution in [2.24, 2.45) is 0 Å². The van der Waals surface area contributed by atoms with Gasteiger partial charge in [-0.15, -0.1) is 0 Å². The summed E-state index contributed by atoms with van der Waals surface area (Å²) in [5, 5.41) is 11.8. The van der Waals surface area contributed by atoms with Crippen LogP contribution in [0.4, 0.5) is 4.39 Å². The van der Waals surface area contributed by atoms with Crippen molar-refractivity contribution in [3.05, 3.63) is 35.1 Å². The normalized spacial score (nSPS) is 16.9. The maximum Gasteiger partial charge on any atom is 0.305 e. The predicted molar refractivity (Wildman–Crippen MR) is 72.1 cm³/mol. The Morgan fingerprint density at radius 3 is 2.60 bits per heavy atom. The Morgan fingerprint density at radius 1 is 1.35 bits per heavy atom. The molecule has 108 valence electrons. The molecule has 2 rings (SSSR count). The molecule has 1 saturated carbocycles. The van der Waals surface area contributed by atoms with Crippen molar-refractivity contribution in [3.63, 3.8) is 0 Å². The van der Waals surface area contributed by atoms with Gasteiger partial charge in [0.05, 0.1) is 12.0 Å². The van der Waals surface area contributed by atoms with E-state index in [1.54, 1.807) is 13.0 Å². The fraction of sp³-hybridized carbons (Fsp3) is 0.467. The monoisotopic (exact) mass is 279 g/mol. The first-order chi connectivity index (χ1) is 9.43. The van der Waals surface area contributed by atoms with Crippen molar-refractivity contribution < 1.29 is 19.1 Å². The highest BCUT2D eigenvalue weighted by Gasteiger charge is 2.37.